The second-order valence-corrected chi connectivity index (χ2v) is 5.18. The van der Waals surface area contributed by atoms with Crippen LogP contribution in [0.1, 0.15) is 15.9 Å². The van der Waals surface area contributed by atoms with Crippen molar-refractivity contribution in [3.05, 3.63) is 33.8 Å². The van der Waals surface area contributed by atoms with Crippen molar-refractivity contribution in [1.82, 2.24) is 4.31 Å². The summed E-state index contributed by atoms with van der Waals surface area (Å²) in [7, 11) is -1.24. The Morgan fingerprint density at radius 3 is 2.62 bits per heavy atom. The van der Waals surface area contributed by atoms with Crippen molar-refractivity contribution in [2.24, 2.45) is 0 Å². The maximum atomic E-state index is 10.7. The molecule has 0 saturated carbocycles. The Bertz CT molecular complexity index is 478. The minimum atomic E-state index is -2.66. The fourth-order valence-corrected chi connectivity index (χ4v) is 1.77. The lowest BCUT2D eigenvalue weighted by Crippen LogP contribution is -2.16. The third kappa shape index (κ3) is 3.29. The van der Waals surface area contributed by atoms with E-state index in [2.05, 4.69) is 15.9 Å². The molecule has 0 spiro atoms. The second-order valence-electron chi connectivity index (χ2n) is 3.16. The zero-order valence-corrected chi connectivity index (χ0v) is 10.9. The average molecular weight is 308 g/mol. The molecule has 1 aromatic rings. The lowest BCUT2D eigenvalue weighted by molar-refractivity contribution is 0.0696. The van der Waals surface area contributed by atoms with Gasteiger partial charge in [0.15, 0.2) is 0 Å². The van der Waals surface area contributed by atoms with Crippen molar-refractivity contribution in [2.45, 2.75) is 6.54 Å². The molecular formula is C9H10BrNO4S. The first kappa shape index (κ1) is 13.1. The molecule has 0 unspecified atom stereocenters. The van der Waals surface area contributed by atoms with Crippen LogP contribution < -0.4 is 0 Å². The summed E-state index contributed by atoms with van der Waals surface area (Å²) in [4.78, 5) is 10.7. The monoisotopic (exact) mass is 307 g/mol. The number of nitrogens with zero attached hydrogens (tertiary/aromatic N) is 1. The molecule has 7 heteroatoms. The molecule has 16 heavy (non-hydrogen) atoms. The van der Waals surface area contributed by atoms with Crippen LogP contribution in [0.5, 0.6) is 0 Å². The lowest BCUT2D eigenvalue weighted by Gasteiger charge is -2.10. The molecule has 0 amide bonds. The Morgan fingerprint density at radius 1 is 1.50 bits per heavy atom. The van der Waals surface area contributed by atoms with Gasteiger partial charge in [0.05, 0.1) is 5.56 Å². The lowest BCUT2D eigenvalue weighted by atomic mass is 10.1. The number of rotatable bonds is 4. The number of carboxylic acids is 1. The molecule has 0 aliphatic carbocycles. The third-order valence-corrected chi connectivity index (χ3v) is 3.44. The van der Waals surface area contributed by atoms with E-state index in [1.165, 1.54) is 19.2 Å². The van der Waals surface area contributed by atoms with Crippen LogP contribution in [0.25, 0.3) is 0 Å². The summed E-state index contributed by atoms with van der Waals surface area (Å²) in [5, 5.41) is 8.80. The number of aromatic carboxylic acids is 1. The van der Waals surface area contributed by atoms with Crippen LogP contribution in [0, 0.1) is 0 Å². The summed E-state index contributed by atoms with van der Waals surface area (Å²) in [6.07, 6.45) is 0. The predicted molar refractivity (Wildman–Crippen MR) is 62.9 cm³/mol. The standard InChI is InChI=1S/C9H10BrNO4S/c1-11(16(14)15)5-7-4-6(9(12)13)2-3-8(7)10/h2-4,16H,5H2,1H3,(H,12,13). The second kappa shape index (κ2) is 5.42. The molecule has 0 aliphatic rings. The highest BCUT2D eigenvalue weighted by Gasteiger charge is 2.09. The Kier molecular flexibility index (Phi) is 4.45. The van der Waals surface area contributed by atoms with E-state index >= 15 is 0 Å². The van der Waals surface area contributed by atoms with Crippen LogP contribution in [-0.2, 0) is 17.4 Å². The van der Waals surface area contributed by atoms with E-state index in [0.717, 1.165) is 4.31 Å². The molecule has 0 bridgehead atoms. The van der Waals surface area contributed by atoms with Crippen LogP contribution in [-0.4, -0.2) is 30.8 Å². The van der Waals surface area contributed by atoms with E-state index in [1.54, 1.807) is 6.07 Å². The topological polar surface area (TPSA) is 74.7 Å². The summed E-state index contributed by atoms with van der Waals surface area (Å²) in [6.45, 7) is 0.139. The first-order chi connectivity index (χ1) is 7.41. The number of carbonyl (C=O) groups is 1. The van der Waals surface area contributed by atoms with Crippen LogP contribution >= 0.6 is 15.9 Å². The van der Waals surface area contributed by atoms with Gasteiger partial charge in [0.2, 0.25) is 10.9 Å². The van der Waals surface area contributed by atoms with Crippen molar-refractivity contribution in [3.8, 4) is 0 Å². The number of thiol groups is 1. The molecule has 0 fully saturated rings. The van der Waals surface area contributed by atoms with Crippen LogP contribution in [0.3, 0.4) is 0 Å². The first-order valence-electron chi connectivity index (χ1n) is 4.29. The summed E-state index contributed by atoms with van der Waals surface area (Å²) < 4.78 is 23.1. The minimum Gasteiger partial charge on any atom is -0.478 e. The molecule has 0 aromatic heterocycles. The summed E-state index contributed by atoms with van der Waals surface area (Å²) in [6, 6.07) is 4.49. The molecule has 0 atom stereocenters. The van der Waals surface area contributed by atoms with Gasteiger partial charge in [0, 0.05) is 18.1 Å². The molecule has 88 valence electrons. The molecular weight excluding hydrogens is 298 g/mol. The number of hydrogen-bond donors (Lipinski definition) is 2. The van der Waals surface area contributed by atoms with Crippen molar-refractivity contribution in [3.63, 3.8) is 0 Å². The van der Waals surface area contributed by atoms with Crippen molar-refractivity contribution >= 4 is 32.8 Å². The van der Waals surface area contributed by atoms with Gasteiger partial charge < -0.3 is 5.11 Å². The van der Waals surface area contributed by atoms with Crippen LogP contribution in [0.2, 0.25) is 0 Å². The largest absolute Gasteiger partial charge is 0.478 e. The molecule has 1 N–H and O–H groups in total. The zero-order valence-electron chi connectivity index (χ0n) is 8.38. The van der Waals surface area contributed by atoms with Gasteiger partial charge in [-0.15, -0.1) is 0 Å². The van der Waals surface area contributed by atoms with Gasteiger partial charge in [-0.25, -0.2) is 17.5 Å². The predicted octanol–water partition coefficient (Wildman–Crippen LogP) is 1.11. The van der Waals surface area contributed by atoms with Gasteiger partial charge in [0.1, 0.15) is 0 Å². The highest BCUT2D eigenvalue weighted by Crippen LogP contribution is 2.19. The van der Waals surface area contributed by atoms with Gasteiger partial charge in [-0.1, -0.05) is 15.9 Å². The zero-order chi connectivity index (χ0) is 12.3. The molecule has 0 radical (unpaired) electrons. The Balaban J connectivity index is 3.03. The van der Waals surface area contributed by atoms with Gasteiger partial charge in [-0.05, 0) is 23.8 Å². The highest BCUT2D eigenvalue weighted by atomic mass is 79.9. The van der Waals surface area contributed by atoms with E-state index < -0.39 is 16.9 Å². The smallest absolute Gasteiger partial charge is 0.335 e. The molecule has 1 rings (SSSR count). The molecule has 1 aromatic carbocycles. The van der Waals surface area contributed by atoms with E-state index in [9.17, 15) is 13.2 Å². The summed E-state index contributed by atoms with van der Waals surface area (Å²) in [5.74, 6) is -1.04. The van der Waals surface area contributed by atoms with Gasteiger partial charge in [-0.3, -0.25) is 0 Å². The molecule has 0 saturated heterocycles. The number of halogens is 1. The highest BCUT2D eigenvalue weighted by molar-refractivity contribution is 9.10. The van der Waals surface area contributed by atoms with Gasteiger partial charge >= 0.3 is 5.97 Å². The van der Waals surface area contributed by atoms with E-state index in [1.807, 2.05) is 0 Å². The van der Waals surface area contributed by atoms with Gasteiger partial charge in [0.25, 0.3) is 0 Å². The fourth-order valence-electron chi connectivity index (χ4n) is 1.13. The van der Waals surface area contributed by atoms with Crippen molar-refractivity contribution < 1.29 is 18.3 Å². The Morgan fingerprint density at radius 2 is 2.12 bits per heavy atom. The Hall–Kier alpha value is -0.920. The van der Waals surface area contributed by atoms with E-state index in [4.69, 9.17) is 5.11 Å². The Labute approximate surface area is 103 Å². The number of carboxylic acid groups (broad SMARTS) is 1. The third-order valence-electron chi connectivity index (χ3n) is 1.97. The normalized spacial score (nSPS) is 11.0. The van der Waals surface area contributed by atoms with Crippen molar-refractivity contribution in [1.29, 1.82) is 0 Å². The number of hydrogen-bond acceptors (Lipinski definition) is 3. The quantitative estimate of drug-likeness (QED) is 0.817. The van der Waals surface area contributed by atoms with Crippen LogP contribution in [0.15, 0.2) is 22.7 Å². The van der Waals surface area contributed by atoms with Gasteiger partial charge in [-0.2, -0.15) is 0 Å². The maximum absolute atomic E-state index is 10.7. The minimum absolute atomic E-state index is 0.132. The van der Waals surface area contributed by atoms with E-state index in [-0.39, 0.29) is 12.1 Å². The SMILES string of the molecule is CN(Cc1cc(C(=O)O)ccc1Br)[SH](=O)=O. The average Bonchev–Trinajstić information content (AvgIpc) is 2.20. The number of benzene rings is 1. The molecule has 0 heterocycles. The fraction of sp³-hybridized carbons (Fsp3) is 0.222. The summed E-state index contributed by atoms with van der Waals surface area (Å²) in [5.41, 5.74) is 0.745. The first-order valence-corrected chi connectivity index (χ1v) is 6.21. The molecule has 5 nitrogen and oxygen atoms in total. The molecule has 0 aliphatic heterocycles. The van der Waals surface area contributed by atoms with Crippen molar-refractivity contribution in [2.75, 3.05) is 7.05 Å². The van der Waals surface area contributed by atoms with E-state index in [0.29, 0.717) is 10.0 Å². The van der Waals surface area contributed by atoms with Crippen LogP contribution in [0.4, 0.5) is 0 Å². The maximum Gasteiger partial charge on any atom is 0.335 e. The summed E-state index contributed by atoms with van der Waals surface area (Å²) >= 11 is 3.24.